The van der Waals surface area contributed by atoms with Gasteiger partial charge in [-0.25, -0.2) is 4.98 Å². The van der Waals surface area contributed by atoms with Gasteiger partial charge in [0, 0.05) is 6.20 Å². The van der Waals surface area contributed by atoms with E-state index in [-0.39, 0.29) is 5.91 Å². The predicted octanol–water partition coefficient (Wildman–Crippen LogP) is 3.30. The van der Waals surface area contributed by atoms with Gasteiger partial charge in [-0.05, 0) is 43.3 Å². The Kier molecular flexibility index (Phi) is 3.47. The van der Waals surface area contributed by atoms with Gasteiger partial charge in [-0.15, -0.1) is 0 Å². The van der Waals surface area contributed by atoms with Gasteiger partial charge in [0.05, 0.1) is 29.4 Å². The lowest BCUT2D eigenvalue weighted by Crippen LogP contribution is -2.14. The SMILES string of the molecule is Cc1nc(-c2ccco2)ccc1C(=O)Nc1cccnc1. The number of furan rings is 1. The summed E-state index contributed by atoms with van der Waals surface area (Å²) in [5.41, 5.74) is 2.52. The van der Waals surface area contributed by atoms with Crippen LogP contribution in [0.25, 0.3) is 11.5 Å². The van der Waals surface area contributed by atoms with Crippen LogP contribution in [-0.4, -0.2) is 15.9 Å². The summed E-state index contributed by atoms with van der Waals surface area (Å²) in [6.07, 6.45) is 4.84. The summed E-state index contributed by atoms with van der Waals surface area (Å²) in [5, 5.41) is 2.79. The summed E-state index contributed by atoms with van der Waals surface area (Å²) in [7, 11) is 0. The minimum absolute atomic E-state index is 0.209. The largest absolute Gasteiger partial charge is 0.463 e. The van der Waals surface area contributed by atoms with Crippen LogP contribution < -0.4 is 5.32 Å². The van der Waals surface area contributed by atoms with Gasteiger partial charge in [0.25, 0.3) is 5.91 Å². The lowest BCUT2D eigenvalue weighted by atomic mass is 10.1. The molecule has 0 aliphatic heterocycles. The van der Waals surface area contributed by atoms with Gasteiger partial charge in [-0.2, -0.15) is 0 Å². The second kappa shape index (κ2) is 5.58. The molecule has 3 aromatic rings. The Morgan fingerprint density at radius 1 is 1.19 bits per heavy atom. The van der Waals surface area contributed by atoms with Crippen LogP contribution in [0.1, 0.15) is 16.1 Å². The predicted molar refractivity (Wildman–Crippen MR) is 78.9 cm³/mol. The monoisotopic (exact) mass is 279 g/mol. The van der Waals surface area contributed by atoms with E-state index in [4.69, 9.17) is 4.42 Å². The zero-order valence-corrected chi connectivity index (χ0v) is 11.4. The molecule has 0 aromatic carbocycles. The van der Waals surface area contributed by atoms with Crippen LogP contribution in [0.3, 0.4) is 0 Å². The Morgan fingerprint density at radius 2 is 2.10 bits per heavy atom. The first-order valence-electron chi connectivity index (χ1n) is 6.47. The normalized spacial score (nSPS) is 10.3. The topological polar surface area (TPSA) is 68.0 Å². The van der Waals surface area contributed by atoms with Gasteiger partial charge >= 0.3 is 0 Å². The fourth-order valence-corrected chi connectivity index (χ4v) is 2.00. The van der Waals surface area contributed by atoms with Crippen molar-refractivity contribution >= 4 is 11.6 Å². The Hall–Kier alpha value is -2.95. The number of pyridine rings is 2. The fourth-order valence-electron chi connectivity index (χ4n) is 2.00. The molecular weight excluding hydrogens is 266 g/mol. The van der Waals surface area contributed by atoms with E-state index in [1.165, 1.54) is 0 Å². The number of carbonyl (C=O) groups is 1. The first-order valence-corrected chi connectivity index (χ1v) is 6.47. The first kappa shape index (κ1) is 13.1. The third-order valence-corrected chi connectivity index (χ3v) is 3.02. The molecule has 0 aliphatic rings. The van der Waals surface area contributed by atoms with Crippen molar-refractivity contribution in [2.45, 2.75) is 6.92 Å². The van der Waals surface area contributed by atoms with Crippen LogP contribution >= 0.6 is 0 Å². The molecule has 5 nitrogen and oxygen atoms in total. The maximum Gasteiger partial charge on any atom is 0.257 e. The molecule has 3 heterocycles. The minimum atomic E-state index is -0.209. The third-order valence-electron chi connectivity index (χ3n) is 3.02. The number of nitrogens with zero attached hydrogens (tertiary/aromatic N) is 2. The first-order chi connectivity index (χ1) is 10.2. The van der Waals surface area contributed by atoms with Crippen molar-refractivity contribution in [3.05, 3.63) is 66.3 Å². The van der Waals surface area contributed by atoms with Crippen LogP contribution in [0.2, 0.25) is 0 Å². The van der Waals surface area contributed by atoms with E-state index in [1.54, 1.807) is 55.9 Å². The molecule has 1 N–H and O–H groups in total. The molecule has 3 rings (SSSR count). The Balaban J connectivity index is 1.84. The maximum atomic E-state index is 12.2. The van der Waals surface area contributed by atoms with Gasteiger partial charge in [0.1, 0.15) is 5.69 Å². The van der Waals surface area contributed by atoms with Gasteiger partial charge in [0.15, 0.2) is 5.76 Å². The highest BCUT2D eigenvalue weighted by molar-refractivity contribution is 6.05. The van der Waals surface area contributed by atoms with Crippen molar-refractivity contribution in [2.75, 3.05) is 5.32 Å². The van der Waals surface area contributed by atoms with Crippen LogP contribution in [0.5, 0.6) is 0 Å². The Labute approximate surface area is 121 Å². The van der Waals surface area contributed by atoms with Crippen molar-refractivity contribution in [3.8, 4) is 11.5 Å². The fraction of sp³-hybridized carbons (Fsp3) is 0.0625. The Morgan fingerprint density at radius 3 is 2.76 bits per heavy atom. The molecule has 1 amide bonds. The highest BCUT2D eigenvalue weighted by Crippen LogP contribution is 2.19. The highest BCUT2D eigenvalue weighted by atomic mass is 16.3. The standard InChI is InChI=1S/C16H13N3O2/c1-11-13(16(20)19-12-4-2-8-17-10-12)6-7-14(18-11)15-5-3-9-21-15/h2-10H,1H3,(H,19,20). The average molecular weight is 279 g/mol. The molecule has 3 aromatic heterocycles. The van der Waals surface area contributed by atoms with Crippen molar-refractivity contribution in [2.24, 2.45) is 0 Å². The lowest BCUT2D eigenvalue weighted by Gasteiger charge is -2.07. The Bertz CT molecular complexity index is 752. The zero-order valence-electron chi connectivity index (χ0n) is 11.4. The number of nitrogens with one attached hydrogen (secondary N) is 1. The van der Waals surface area contributed by atoms with Gasteiger partial charge in [-0.3, -0.25) is 9.78 Å². The van der Waals surface area contributed by atoms with Crippen molar-refractivity contribution < 1.29 is 9.21 Å². The number of aryl methyl sites for hydroxylation is 1. The molecule has 0 saturated carbocycles. The molecule has 104 valence electrons. The van der Waals surface area contributed by atoms with Crippen LogP contribution in [0.15, 0.2) is 59.5 Å². The van der Waals surface area contributed by atoms with Gasteiger partial charge < -0.3 is 9.73 Å². The molecule has 0 saturated heterocycles. The number of aromatic nitrogens is 2. The van der Waals surface area contributed by atoms with Crippen molar-refractivity contribution in [1.29, 1.82) is 0 Å². The molecule has 0 radical (unpaired) electrons. The average Bonchev–Trinajstić information content (AvgIpc) is 3.02. The molecular formula is C16H13N3O2. The second-order valence-electron chi connectivity index (χ2n) is 4.50. The molecule has 21 heavy (non-hydrogen) atoms. The smallest absolute Gasteiger partial charge is 0.257 e. The number of anilines is 1. The number of hydrogen-bond acceptors (Lipinski definition) is 4. The van der Waals surface area contributed by atoms with Crippen LogP contribution in [0, 0.1) is 6.92 Å². The van der Waals surface area contributed by atoms with E-state index in [0.717, 1.165) is 0 Å². The minimum Gasteiger partial charge on any atom is -0.463 e. The molecule has 0 bridgehead atoms. The summed E-state index contributed by atoms with van der Waals surface area (Å²) in [4.78, 5) is 20.6. The van der Waals surface area contributed by atoms with Crippen molar-refractivity contribution in [1.82, 2.24) is 9.97 Å². The maximum absolute atomic E-state index is 12.2. The van der Waals surface area contributed by atoms with E-state index in [9.17, 15) is 4.79 Å². The molecule has 0 aliphatic carbocycles. The summed E-state index contributed by atoms with van der Waals surface area (Å²) in [6, 6.07) is 10.7. The highest BCUT2D eigenvalue weighted by Gasteiger charge is 2.12. The van der Waals surface area contributed by atoms with E-state index >= 15 is 0 Å². The second-order valence-corrected chi connectivity index (χ2v) is 4.50. The lowest BCUT2D eigenvalue weighted by molar-refractivity contribution is 0.102. The summed E-state index contributed by atoms with van der Waals surface area (Å²) < 4.78 is 5.30. The molecule has 0 fully saturated rings. The zero-order chi connectivity index (χ0) is 14.7. The molecule has 0 unspecified atom stereocenters. The van der Waals surface area contributed by atoms with E-state index in [1.807, 2.05) is 6.07 Å². The molecule has 5 heteroatoms. The summed E-state index contributed by atoms with van der Waals surface area (Å²) >= 11 is 0. The quantitative estimate of drug-likeness (QED) is 0.798. The number of rotatable bonds is 3. The third kappa shape index (κ3) is 2.81. The number of hydrogen-bond donors (Lipinski definition) is 1. The van der Waals surface area contributed by atoms with Crippen LogP contribution in [-0.2, 0) is 0 Å². The van der Waals surface area contributed by atoms with E-state index in [0.29, 0.717) is 28.4 Å². The molecule has 0 atom stereocenters. The van der Waals surface area contributed by atoms with Gasteiger partial charge in [0.2, 0.25) is 0 Å². The number of amides is 1. The van der Waals surface area contributed by atoms with Crippen molar-refractivity contribution in [3.63, 3.8) is 0 Å². The van der Waals surface area contributed by atoms with Crippen LogP contribution in [0.4, 0.5) is 5.69 Å². The van der Waals surface area contributed by atoms with Gasteiger partial charge in [-0.1, -0.05) is 0 Å². The molecule has 0 spiro atoms. The number of carbonyl (C=O) groups excluding carboxylic acids is 1. The van der Waals surface area contributed by atoms with E-state index in [2.05, 4.69) is 15.3 Å². The van der Waals surface area contributed by atoms with E-state index < -0.39 is 0 Å². The summed E-state index contributed by atoms with van der Waals surface area (Å²) in [6.45, 7) is 1.80. The summed E-state index contributed by atoms with van der Waals surface area (Å²) in [5.74, 6) is 0.469.